The average molecular weight is 557 g/mol. The highest BCUT2D eigenvalue weighted by molar-refractivity contribution is 14.1. The molecule has 2 heterocycles. The van der Waals surface area contributed by atoms with E-state index in [1.165, 1.54) is 18.3 Å². The molecule has 0 fully saturated rings. The number of rotatable bonds is 3. The largest absolute Gasteiger partial charge is 0.416 e. The van der Waals surface area contributed by atoms with E-state index in [0.29, 0.717) is 16.7 Å². The van der Waals surface area contributed by atoms with Crippen LogP contribution in [0.1, 0.15) is 21.6 Å². The number of nitrogens with one attached hydrogen (secondary N) is 1. The second kappa shape index (κ2) is 8.12. The first kappa shape index (κ1) is 21.6. The number of benzene rings is 2. The molecule has 0 aliphatic rings. The van der Waals surface area contributed by atoms with Crippen LogP contribution in [0.3, 0.4) is 0 Å². The van der Waals surface area contributed by atoms with Crippen molar-refractivity contribution in [2.45, 2.75) is 13.1 Å². The third-order valence-corrected chi connectivity index (χ3v) is 5.71. The van der Waals surface area contributed by atoms with Gasteiger partial charge in [0.25, 0.3) is 5.91 Å². The fraction of sp³-hybridized carbons (Fsp3) is 0.0952. The average Bonchev–Trinajstić information content (AvgIpc) is 3.06. The second-order valence-corrected chi connectivity index (χ2v) is 8.31. The number of carbonyl (C=O) groups is 1. The Bertz CT molecular complexity index is 1290. The zero-order valence-corrected chi connectivity index (χ0v) is 18.7. The molecule has 0 spiro atoms. The van der Waals surface area contributed by atoms with Crippen LogP contribution < -0.4 is 5.32 Å². The van der Waals surface area contributed by atoms with E-state index in [-0.39, 0.29) is 16.3 Å². The molecule has 0 saturated carbocycles. The lowest BCUT2D eigenvalue weighted by Gasteiger charge is -2.10. The van der Waals surface area contributed by atoms with Gasteiger partial charge in [0.05, 0.1) is 32.9 Å². The number of alkyl halides is 3. The van der Waals surface area contributed by atoms with Crippen molar-refractivity contribution in [3.8, 4) is 5.69 Å². The van der Waals surface area contributed by atoms with Gasteiger partial charge in [-0.2, -0.15) is 18.3 Å². The van der Waals surface area contributed by atoms with Crippen LogP contribution in [0.15, 0.2) is 54.7 Å². The Kier molecular flexibility index (Phi) is 5.65. The molecule has 4 rings (SSSR count). The van der Waals surface area contributed by atoms with Crippen molar-refractivity contribution in [2.24, 2.45) is 0 Å². The van der Waals surface area contributed by atoms with Crippen molar-refractivity contribution < 1.29 is 18.0 Å². The third kappa shape index (κ3) is 4.24. The van der Waals surface area contributed by atoms with Gasteiger partial charge in [0.2, 0.25) is 0 Å². The van der Waals surface area contributed by atoms with Gasteiger partial charge in [-0.15, -0.1) is 0 Å². The molecule has 1 amide bonds. The molecule has 0 aliphatic heterocycles. The zero-order valence-electron chi connectivity index (χ0n) is 15.8. The smallest absolute Gasteiger partial charge is 0.322 e. The maximum atomic E-state index is 12.7. The van der Waals surface area contributed by atoms with Crippen LogP contribution in [0, 0.1) is 10.5 Å². The van der Waals surface area contributed by atoms with E-state index in [9.17, 15) is 18.0 Å². The van der Waals surface area contributed by atoms with E-state index in [2.05, 4.69) is 38.0 Å². The SMILES string of the molecule is Cc1nn(-c2ccc(I)cc2)c2ncc(C(=O)Nc3ccc(C(F)(F)F)cc3)c(Cl)c12. The summed E-state index contributed by atoms with van der Waals surface area (Å²) in [4.78, 5) is 17.1. The molecule has 0 atom stereocenters. The number of anilines is 1. The molecule has 0 bridgehead atoms. The van der Waals surface area contributed by atoms with Gasteiger partial charge in [0.15, 0.2) is 5.65 Å². The Morgan fingerprint density at radius 1 is 1.10 bits per heavy atom. The predicted octanol–water partition coefficient (Wildman–Crippen LogP) is 6.26. The summed E-state index contributed by atoms with van der Waals surface area (Å²) >= 11 is 8.72. The number of amides is 1. The number of carbonyl (C=O) groups excluding carboxylic acids is 1. The van der Waals surface area contributed by atoms with Gasteiger partial charge in [-0.1, -0.05) is 11.6 Å². The van der Waals surface area contributed by atoms with Gasteiger partial charge in [0, 0.05) is 15.5 Å². The Balaban J connectivity index is 1.67. The number of hydrogen-bond donors (Lipinski definition) is 1. The van der Waals surface area contributed by atoms with Crippen molar-refractivity contribution in [3.05, 3.63) is 80.1 Å². The van der Waals surface area contributed by atoms with Crippen LogP contribution in [-0.4, -0.2) is 20.7 Å². The van der Waals surface area contributed by atoms with Crippen LogP contribution >= 0.6 is 34.2 Å². The Hall–Kier alpha value is -2.66. The monoisotopic (exact) mass is 556 g/mol. The number of nitrogens with zero attached hydrogens (tertiary/aromatic N) is 3. The number of hydrogen-bond acceptors (Lipinski definition) is 3. The minimum absolute atomic E-state index is 0.0966. The molecule has 4 aromatic rings. The van der Waals surface area contributed by atoms with Crippen LogP contribution in [-0.2, 0) is 6.18 Å². The van der Waals surface area contributed by atoms with E-state index in [0.717, 1.165) is 21.4 Å². The number of pyridine rings is 1. The summed E-state index contributed by atoms with van der Waals surface area (Å²) in [5, 5.41) is 7.74. The van der Waals surface area contributed by atoms with E-state index in [1.54, 1.807) is 11.6 Å². The summed E-state index contributed by atoms with van der Waals surface area (Å²) in [7, 11) is 0. The quantitative estimate of drug-likeness (QED) is 0.303. The van der Waals surface area contributed by atoms with E-state index in [4.69, 9.17) is 11.6 Å². The summed E-state index contributed by atoms with van der Waals surface area (Å²) in [6, 6.07) is 11.8. The fourth-order valence-electron chi connectivity index (χ4n) is 3.07. The first-order valence-corrected chi connectivity index (χ1v) is 10.4. The van der Waals surface area contributed by atoms with Crippen LogP contribution in [0.2, 0.25) is 5.02 Å². The minimum atomic E-state index is -4.45. The van der Waals surface area contributed by atoms with Gasteiger partial charge in [-0.25, -0.2) is 9.67 Å². The van der Waals surface area contributed by atoms with Gasteiger partial charge in [0.1, 0.15) is 0 Å². The van der Waals surface area contributed by atoms with Crippen molar-refractivity contribution in [1.29, 1.82) is 0 Å². The first-order valence-electron chi connectivity index (χ1n) is 8.93. The topological polar surface area (TPSA) is 59.8 Å². The van der Waals surface area contributed by atoms with Crippen LogP contribution in [0.4, 0.5) is 18.9 Å². The second-order valence-electron chi connectivity index (χ2n) is 6.69. The molecule has 31 heavy (non-hydrogen) atoms. The zero-order chi connectivity index (χ0) is 22.3. The first-order chi connectivity index (χ1) is 14.6. The van der Waals surface area contributed by atoms with Crippen molar-refractivity contribution in [1.82, 2.24) is 14.8 Å². The molecular weight excluding hydrogens is 544 g/mol. The molecule has 5 nitrogen and oxygen atoms in total. The van der Waals surface area contributed by atoms with Gasteiger partial charge >= 0.3 is 6.18 Å². The molecule has 0 radical (unpaired) electrons. The molecular formula is C21H13ClF3IN4O. The molecule has 10 heteroatoms. The molecule has 0 saturated heterocycles. The summed E-state index contributed by atoms with van der Waals surface area (Å²) in [5.41, 5.74) is 1.39. The highest BCUT2D eigenvalue weighted by Gasteiger charge is 2.30. The van der Waals surface area contributed by atoms with E-state index >= 15 is 0 Å². The third-order valence-electron chi connectivity index (χ3n) is 4.59. The highest BCUT2D eigenvalue weighted by Crippen LogP contribution is 2.32. The lowest BCUT2D eigenvalue weighted by atomic mass is 10.1. The molecule has 1 N–H and O–H groups in total. The van der Waals surface area contributed by atoms with E-state index < -0.39 is 17.6 Å². The number of halogens is 5. The molecule has 2 aromatic carbocycles. The lowest BCUT2D eigenvalue weighted by molar-refractivity contribution is -0.137. The molecule has 0 aliphatic carbocycles. The number of aryl methyl sites for hydroxylation is 1. The van der Waals surface area contributed by atoms with Crippen LogP contribution in [0.25, 0.3) is 16.7 Å². The lowest BCUT2D eigenvalue weighted by Crippen LogP contribution is -2.13. The molecule has 158 valence electrons. The van der Waals surface area contributed by atoms with Crippen LogP contribution in [0.5, 0.6) is 0 Å². The van der Waals surface area contributed by atoms with Crippen molar-refractivity contribution in [2.75, 3.05) is 5.32 Å². The maximum Gasteiger partial charge on any atom is 0.416 e. The number of aromatic nitrogens is 3. The summed E-state index contributed by atoms with van der Waals surface area (Å²) in [5.74, 6) is -0.583. The van der Waals surface area contributed by atoms with Gasteiger partial charge in [-0.05, 0) is 78.0 Å². The van der Waals surface area contributed by atoms with Gasteiger partial charge < -0.3 is 5.32 Å². The Morgan fingerprint density at radius 2 is 1.74 bits per heavy atom. The fourth-order valence-corrected chi connectivity index (χ4v) is 3.79. The Labute approximate surface area is 193 Å². The van der Waals surface area contributed by atoms with Crippen molar-refractivity contribution >= 4 is 56.8 Å². The minimum Gasteiger partial charge on any atom is -0.322 e. The predicted molar refractivity (Wildman–Crippen MR) is 121 cm³/mol. The summed E-state index contributed by atoms with van der Waals surface area (Å²) < 4.78 is 40.8. The normalized spacial score (nSPS) is 11.7. The highest BCUT2D eigenvalue weighted by atomic mass is 127. The summed E-state index contributed by atoms with van der Waals surface area (Å²) in [6.07, 6.45) is -3.12. The van der Waals surface area contributed by atoms with Gasteiger partial charge in [-0.3, -0.25) is 4.79 Å². The van der Waals surface area contributed by atoms with Crippen molar-refractivity contribution in [3.63, 3.8) is 0 Å². The molecule has 0 unspecified atom stereocenters. The Morgan fingerprint density at radius 3 is 2.35 bits per heavy atom. The maximum absolute atomic E-state index is 12.7. The molecule has 2 aromatic heterocycles. The number of fused-ring (bicyclic) bond motifs is 1. The summed E-state index contributed by atoms with van der Waals surface area (Å²) in [6.45, 7) is 1.76. The van der Waals surface area contributed by atoms with E-state index in [1.807, 2.05) is 24.3 Å². The standard InChI is InChI=1S/C21H13ClF3IN4O/c1-11-17-18(22)16(20(31)28-14-6-2-12(3-7-14)21(23,24)25)10-27-19(17)30(29-11)15-8-4-13(26)5-9-15/h2-10H,1H3,(H,28,31).